The molecule has 0 aliphatic rings. The molecule has 6 heteroatoms. The molecular formula is C15H14ClFN2O2. The summed E-state index contributed by atoms with van der Waals surface area (Å²) < 4.78 is 23.9. The Hall–Kier alpha value is -2.27. The van der Waals surface area contributed by atoms with E-state index >= 15 is 0 Å². The second-order valence-corrected chi connectivity index (χ2v) is 4.72. The summed E-state index contributed by atoms with van der Waals surface area (Å²) in [6.07, 6.45) is 0. The average Bonchev–Trinajstić information content (AvgIpc) is 2.45. The highest BCUT2D eigenvalue weighted by molar-refractivity contribution is 6.34. The van der Waals surface area contributed by atoms with Gasteiger partial charge in [0.15, 0.2) is 11.6 Å². The Morgan fingerprint density at radius 1 is 1.29 bits per heavy atom. The number of benzene rings is 2. The highest BCUT2D eigenvalue weighted by atomic mass is 35.5. The summed E-state index contributed by atoms with van der Waals surface area (Å²) in [6, 6.07) is 9.44. The van der Waals surface area contributed by atoms with Gasteiger partial charge in [-0.1, -0.05) is 17.7 Å². The summed E-state index contributed by atoms with van der Waals surface area (Å²) >= 11 is 5.99. The molecule has 2 rings (SSSR count). The van der Waals surface area contributed by atoms with Gasteiger partial charge in [0.05, 0.1) is 12.1 Å². The Morgan fingerprint density at radius 2 is 2.05 bits per heavy atom. The molecule has 0 atom stereocenters. The molecule has 0 unspecified atom stereocenters. The van der Waals surface area contributed by atoms with E-state index in [1.54, 1.807) is 30.3 Å². The molecule has 3 N–H and O–H groups in total. The normalized spacial score (nSPS) is 10.2. The molecule has 21 heavy (non-hydrogen) atoms. The first kappa shape index (κ1) is 15.1. The van der Waals surface area contributed by atoms with Crippen LogP contribution in [0.3, 0.4) is 0 Å². The minimum Gasteiger partial charge on any atom is -0.494 e. The number of ether oxygens (including phenoxy) is 2. The molecule has 2 aromatic carbocycles. The molecule has 0 aliphatic heterocycles. The minimum atomic E-state index is -0.441. The maximum absolute atomic E-state index is 13.5. The fourth-order valence-electron chi connectivity index (χ4n) is 1.77. The van der Waals surface area contributed by atoms with Crippen molar-refractivity contribution in [3.05, 3.63) is 58.4 Å². The first-order valence-corrected chi connectivity index (χ1v) is 6.48. The van der Waals surface area contributed by atoms with Crippen LogP contribution >= 0.6 is 11.6 Å². The van der Waals surface area contributed by atoms with Gasteiger partial charge >= 0.3 is 0 Å². The van der Waals surface area contributed by atoms with Gasteiger partial charge in [0.1, 0.15) is 18.2 Å². The van der Waals surface area contributed by atoms with Crippen LogP contribution in [0.25, 0.3) is 0 Å². The summed E-state index contributed by atoms with van der Waals surface area (Å²) in [7, 11) is 1.41. The molecule has 4 nitrogen and oxygen atoms in total. The summed E-state index contributed by atoms with van der Waals surface area (Å²) in [5.74, 6) is 0.154. The van der Waals surface area contributed by atoms with Crippen LogP contribution < -0.4 is 15.2 Å². The zero-order valence-corrected chi connectivity index (χ0v) is 12.1. The predicted octanol–water partition coefficient (Wildman–Crippen LogP) is 3.35. The number of methoxy groups -OCH3 is 1. The van der Waals surface area contributed by atoms with Gasteiger partial charge in [0.25, 0.3) is 0 Å². The van der Waals surface area contributed by atoms with E-state index < -0.39 is 5.82 Å². The Balaban J connectivity index is 2.08. The van der Waals surface area contributed by atoms with E-state index in [-0.39, 0.29) is 18.2 Å². The molecule has 0 heterocycles. The van der Waals surface area contributed by atoms with Gasteiger partial charge in [-0.2, -0.15) is 0 Å². The molecule has 0 fully saturated rings. The van der Waals surface area contributed by atoms with E-state index in [0.717, 1.165) is 0 Å². The van der Waals surface area contributed by atoms with Gasteiger partial charge in [0.2, 0.25) is 0 Å². The third kappa shape index (κ3) is 3.64. The van der Waals surface area contributed by atoms with Crippen molar-refractivity contribution in [2.45, 2.75) is 6.61 Å². The van der Waals surface area contributed by atoms with Gasteiger partial charge in [-0.05, 0) is 35.9 Å². The zero-order chi connectivity index (χ0) is 15.4. The van der Waals surface area contributed by atoms with Gasteiger partial charge < -0.3 is 15.2 Å². The molecule has 0 aromatic heterocycles. The fraction of sp³-hybridized carbons (Fsp3) is 0.133. The van der Waals surface area contributed by atoms with Crippen LogP contribution in [0.1, 0.15) is 11.1 Å². The Labute approximate surface area is 126 Å². The number of hydrogen-bond acceptors (Lipinski definition) is 3. The van der Waals surface area contributed by atoms with Gasteiger partial charge in [-0.15, -0.1) is 0 Å². The number of rotatable bonds is 5. The van der Waals surface area contributed by atoms with Gasteiger partial charge in [0, 0.05) is 5.56 Å². The molecule has 0 saturated heterocycles. The van der Waals surface area contributed by atoms with Crippen molar-refractivity contribution in [3.8, 4) is 11.5 Å². The van der Waals surface area contributed by atoms with Crippen molar-refractivity contribution < 1.29 is 13.9 Å². The lowest BCUT2D eigenvalue weighted by molar-refractivity contribution is 0.304. The summed E-state index contributed by atoms with van der Waals surface area (Å²) in [5, 5.41) is 7.68. The quantitative estimate of drug-likeness (QED) is 0.657. The van der Waals surface area contributed by atoms with Crippen molar-refractivity contribution in [2.24, 2.45) is 5.73 Å². The Kier molecular flexibility index (Phi) is 4.65. The predicted molar refractivity (Wildman–Crippen MR) is 79.8 cm³/mol. The molecule has 0 saturated carbocycles. The zero-order valence-electron chi connectivity index (χ0n) is 11.3. The van der Waals surface area contributed by atoms with Crippen LogP contribution in [0.15, 0.2) is 36.4 Å². The maximum atomic E-state index is 13.5. The summed E-state index contributed by atoms with van der Waals surface area (Å²) in [6.45, 7) is 0.191. The van der Waals surface area contributed by atoms with Crippen LogP contribution in [-0.4, -0.2) is 12.9 Å². The average molecular weight is 309 g/mol. The number of amidine groups is 1. The van der Waals surface area contributed by atoms with Crippen molar-refractivity contribution in [1.29, 1.82) is 5.41 Å². The van der Waals surface area contributed by atoms with Crippen LogP contribution in [-0.2, 0) is 6.61 Å². The SMILES string of the molecule is COc1ccc(COc2ccc(C(=N)N)c(Cl)c2)cc1F. The molecular weight excluding hydrogens is 295 g/mol. The number of hydrogen-bond donors (Lipinski definition) is 2. The van der Waals surface area contributed by atoms with Crippen LogP contribution in [0.5, 0.6) is 11.5 Å². The molecule has 0 spiro atoms. The maximum Gasteiger partial charge on any atom is 0.165 e. The number of nitrogen functional groups attached to an aromatic ring is 1. The van der Waals surface area contributed by atoms with E-state index in [1.165, 1.54) is 13.2 Å². The smallest absolute Gasteiger partial charge is 0.165 e. The second kappa shape index (κ2) is 6.45. The van der Waals surface area contributed by atoms with Gasteiger partial charge in [-0.25, -0.2) is 4.39 Å². The fourth-order valence-corrected chi connectivity index (χ4v) is 2.04. The highest BCUT2D eigenvalue weighted by Gasteiger charge is 2.07. The van der Waals surface area contributed by atoms with E-state index in [0.29, 0.717) is 21.9 Å². The van der Waals surface area contributed by atoms with E-state index in [1.807, 2.05) is 0 Å². The molecule has 0 radical (unpaired) electrons. The minimum absolute atomic E-state index is 0.108. The van der Waals surface area contributed by atoms with Crippen LogP contribution in [0, 0.1) is 11.2 Å². The van der Waals surface area contributed by atoms with Crippen LogP contribution in [0.4, 0.5) is 4.39 Å². The van der Waals surface area contributed by atoms with Crippen molar-refractivity contribution in [3.63, 3.8) is 0 Å². The topological polar surface area (TPSA) is 68.3 Å². The lowest BCUT2D eigenvalue weighted by atomic mass is 10.2. The van der Waals surface area contributed by atoms with Crippen molar-refractivity contribution in [1.82, 2.24) is 0 Å². The first-order chi connectivity index (χ1) is 10.0. The van der Waals surface area contributed by atoms with Crippen molar-refractivity contribution >= 4 is 17.4 Å². The lowest BCUT2D eigenvalue weighted by Crippen LogP contribution is -2.11. The summed E-state index contributed by atoms with van der Waals surface area (Å²) in [5.41, 5.74) is 6.49. The molecule has 110 valence electrons. The second-order valence-electron chi connectivity index (χ2n) is 4.31. The van der Waals surface area contributed by atoms with E-state index in [4.69, 9.17) is 32.2 Å². The largest absolute Gasteiger partial charge is 0.494 e. The van der Waals surface area contributed by atoms with Gasteiger partial charge in [-0.3, -0.25) is 5.41 Å². The number of nitrogens with one attached hydrogen (secondary N) is 1. The third-order valence-corrected chi connectivity index (χ3v) is 3.17. The Bertz CT molecular complexity index is 677. The molecule has 2 aromatic rings. The van der Waals surface area contributed by atoms with Crippen LogP contribution in [0.2, 0.25) is 5.02 Å². The molecule has 0 amide bonds. The van der Waals surface area contributed by atoms with E-state index in [2.05, 4.69) is 0 Å². The summed E-state index contributed by atoms with van der Waals surface area (Å²) in [4.78, 5) is 0. The number of halogens is 2. The highest BCUT2D eigenvalue weighted by Crippen LogP contribution is 2.24. The standard InChI is InChI=1S/C15H14ClFN2O2/c1-20-14-5-2-9(6-13(14)17)8-21-10-3-4-11(15(18)19)12(16)7-10/h2-7H,8H2,1H3,(H3,18,19). The molecule has 0 aliphatic carbocycles. The number of nitrogens with two attached hydrogens (primary N) is 1. The first-order valence-electron chi connectivity index (χ1n) is 6.10. The monoisotopic (exact) mass is 308 g/mol. The Morgan fingerprint density at radius 3 is 2.62 bits per heavy atom. The lowest BCUT2D eigenvalue weighted by Gasteiger charge is -2.09. The van der Waals surface area contributed by atoms with Crippen molar-refractivity contribution in [2.75, 3.05) is 7.11 Å². The van der Waals surface area contributed by atoms with E-state index in [9.17, 15) is 4.39 Å². The molecule has 0 bridgehead atoms. The third-order valence-electron chi connectivity index (χ3n) is 2.85.